The van der Waals surface area contributed by atoms with Crippen LogP contribution in [0.5, 0.6) is 0 Å². The molecule has 0 bridgehead atoms. The molecule has 1 atom stereocenters. The Morgan fingerprint density at radius 1 is 1.13 bits per heavy atom. The first-order chi connectivity index (χ1) is 14.6. The lowest BCUT2D eigenvalue weighted by atomic mass is 10.2. The fourth-order valence-corrected chi connectivity index (χ4v) is 5.12. The highest BCUT2D eigenvalue weighted by Gasteiger charge is 2.29. The summed E-state index contributed by atoms with van der Waals surface area (Å²) in [7, 11) is 0. The first-order valence-electron chi connectivity index (χ1n) is 10.0. The van der Waals surface area contributed by atoms with Crippen molar-refractivity contribution >= 4 is 28.6 Å². The number of rotatable bonds is 7. The van der Waals surface area contributed by atoms with Gasteiger partial charge in [-0.2, -0.15) is 0 Å². The molecule has 0 aromatic carbocycles. The van der Waals surface area contributed by atoms with Crippen molar-refractivity contribution in [2.24, 2.45) is 0 Å². The van der Waals surface area contributed by atoms with Crippen molar-refractivity contribution in [1.29, 1.82) is 0 Å². The molecule has 0 saturated carbocycles. The van der Waals surface area contributed by atoms with Gasteiger partial charge < -0.3 is 9.64 Å². The van der Waals surface area contributed by atoms with E-state index in [0.29, 0.717) is 26.2 Å². The second-order valence-corrected chi connectivity index (χ2v) is 9.68. The van der Waals surface area contributed by atoms with E-state index in [1.165, 1.54) is 10.4 Å². The summed E-state index contributed by atoms with van der Waals surface area (Å²) in [6.07, 6.45) is 3.49. The predicted octanol–water partition coefficient (Wildman–Crippen LogP) is 3.65. The van der Waals surface area contributed by atoms with E-state index in [2.05, 4.69) is 33.2 Å². The van der Waals surface area contributed by atoms with Crippen LogP contribution in [-0.4, -0.2) is 51.4 Å². The summed E-state index contributed by atoms with van der Waals surface area (Å²) in [6, 6.07) is 6.06. The van der Waals surface area contributed by atoms with Crippen LogP contribution in [0.2, 0.25) is 0 Å². The van der Waals surface area contributed by atoms with Crippen molar-refractivity contribution in [1.82, 2.24) is 19.8 Å². The Hall–Kier alpha value is -2.13. The van der Waals surface area contributed by atoms with Gasteiger partial charge in [0.2, 0.25) is 5.91 Å². The van der Waals surface area contributed by atoms with Crippen LogP contribution < -0.4 is 0 Å². The summed E-state index contributed by atoms with van der Waals surface area (Å²) in [5, 5.41) is 5.17. The molecule has 0 aliphatic carbocycles. The molecule has 1 saturated heterocycles. The van der Waals surface area contributed by atoms with E-state index in [0.717, 1.165) is 29.4 Å². The molecule has 3 aromatic rings. The van der Waals surface area contributed by atoms with Gasteiger partial charge in [0.1, 0.15) is 0 Å². The molecular weight excluding hydrogens is 416 g/mol. The second kappa shape index (κ2) is 9.78. The lowest BCUT2D eigenvalue weighted by molar-refractivity contribution is -0.132. The molecule has 0 spiro atoms. The normalized spacial score (nSPS) is 18.0. The van der Waals surface area contributed by atoms with Crippen molar-refractivity contribution < 1.29 is 9.53 Å². The molecule has 30 heavy (non-hydrogen) atoms. The lowest BCUT2D eigenvalue weighted by Gasteiger charge is -2.24. The number of pyridine rings is 1. The number of aryl methyl sites for hydroxylation is 2. The molecule has 3 aromatic heterocycles. The SMILES string of the molecule is Cc1nc(CN2C[C@@H](OCc3ccncc3)CN(Cc3sccc3C)CC2=O)cs1. The van der Waals surface area contributed by atoms with E-state index in [-0.39, 0.29) is 12.0 Å². The van der Waals surface area contributed by atoms with Crippen LogP contribution in [-0.2, 0) is 29.2 Å². The molecule has 1 amide bonds. The summed E-state index contributed by atoms with van der Waals surface area (Å²) in [6.45, 7) is 7.62. The standard InChI is InChI=1S/C22H26N4O2S2/c1-16-5-8-29-21(16)12-25-10-20(28-14-18-3-6-23-7-4-18)11-26(22(27)13-25)9-19-15-30-17(2)24-19/h3-8,15,20H,9-14H2,1-2H3/t20-/m0/s1. The van der Waals surface area contributed by atoms with Gasteiger partial charge in [0.15, 0.2) is 0 Å². The first-order valence-corrected chi connectivity index (χ1v) is 11.8. The number of thiophene rings is 1. The van der Waals surface area contributed by atoms with E-state index >= 15 is 0 Å². The maximum atomic E-state index is 13.1. The van der Waals surface area contributed by atoms with Crippen LogP contribution in [0.3, 0.4) is 0 Å². The summed E-state index contributed by atoms with van der Waals surface area (Å²) in [4.78, 5) is 27.1. The summed E-state index contributed by atoms with van der Waals surface area (Å²) in [5.74, 6) is 0.130. The molecule has 1 aliphatic heterocycles. The largest absolute Gasteiger partial charge is 0.370 e. The van der Waals surface area contributed by atoms with Crippen LogP contribution >= 0.6 is 22.7 Å². The minimum absolute atomic E-state index is 0.0652. The van der Waals surface area contributed by atoms with Gasteiger partial charge in [-0.3, -0.25) is 14.7 Å². The van der Waals surface area contributed by atoms with Crippen LogP contribution in [0.4, 0.5) is 0 Å². The molecule has 158 valence electrons. The summed E-state index contributed by atoms with van der Waals surface area (Å²) < 4.78 is 6.27. The van der Waals surface area contributed by atoms with Crippen molar-refractivity contribution in [3.63, 3.8) is 0 Å². The Labute approximate surface area is 185 Å². The quantitative estimate of drug-likeness (QED) is 0.559. The average Bonchev–Trinajstić information content (AvgIpc) is 3.29. The predicted molar refractivity (Wildman–Crippen MR) is 119 cm³/mol. The fourth-order valence-electron chi connectivity index (χ4n) is 3.57. The molecule has 1 aliphatic rings. The maximum Gasteiger partial charge on any atom is 0.237 e. The zero-order chi connectivity index (χ0) is 20.9. The van der Waals surface area contributed by atoms with Gasteiger partial charge in [-0.1, -0.05) is 0 Å². The van der Waals surface area contributed by atoms with Crippen molar-refractivity contribution in [2.75, 3.05) is 19.6 Å². The first kappa shape index (κ1) is 21.1. The highest BCUT2D eigenvalue weighted by molar-refractivity contribution is 7.10. The number of aromatic nitrogens is 2. The molecule has 0 radical (unpaired) electrons. The zero-order valence-electron chi connectivity index (χ0n) is 17.3. The Morgan fingerprint density at radius 2 is 1.97 bits per heavy atom. The molecule has 1 fully saturated rings. The van der Waals surface area contributed by atoms with Crippen molar-refractivity contribution in [3.05, 3.63) is 68.1 Å². The van der Waals surface area contributed by atoms with Gasteiger partial charge in [-0.05, 0) is 48.6 Å². The maximum absolute atomic E-state index is 13.1. The molecule has 6 nitrogen and oxygen atoms in total. The number of carbonyl (C=O) groups is 1. The fraction of sp³-hybridized carbons (Fsp3) is 0.409. The second-order valence-electron chi connectivity index (χ2n) is 7.62. The minimum atomic E-state index is -0.0652. The molecule has 4 heterocycles. The average molecular weight is 443 g/mol. The third-order valence-electron chi connectivity index (χ3n) is 5.19. The number of thiazole rings is 1. The van der Waals surface area contributed by atoms with E-state index in [1.807, 2.05) is 29.3 Å². The topological polar surface area (TPSA) is 58.6 Å². The van der Waals surface area contributed by atoms with Gasteiger partial charge in [0.05, 0.1) is 36.5 Å². The number of hydrogen-bond donors (Lipinski definition) is 0. The van der Waals surface area contributed by atoms with Gasteiger partial charge in [0.25, 0.3) is 0 Å². The van der Waals surface area contributed by atoms with Gasteiger partial charge in [0, 0.05) is 42.3 Å². The highest BCUT2D eigenvalue weighted by atomic mass is 32.1. The molecule has 0 unspecified atom stereocenters. The van der Waals surface area contributed by atoms with Crippen molar-refractivity contribution in [2.45, 2.75) is 39.6 Å². The van der Waals surface area contributed by atoms with Gasteiger partial charge >= 0.3 is 0 Å². The van der Waals surface area contributed by atoms with Crippen LogP contribution in [0.25, 0.3) is 0 Å². The third-order valence-corrected chi connectivity index (χ3v) is 7.02. The number of amides is 1. The number of ether oxygens (including phenoxy) is 1. The molecule has 8 heteroatoms. The smallest absolute Gasteiger partial charge is 0.237 e. The molecule has 0 N–H and O–H groups in total. The van der Waals surface area contributed by atoms with E-state index in [1.54, 1.807) is 35.1 Å². The summed E-state index contributed by atoms with van der Waals surface area (Å²) >= 11 is 3.36. The Morgan fingerprint density at radius 3 is 2.67 bits per heavy atom. The van der Waals surface area contributed by atoms with Crippen LogP contribution in [0.1, 0.15) is 26.7 Å². The Kier molecular flexibility index (Phi) is 6.89. The molecule has 4 rings (SSSR count). The zero-order valence-corrected chi connectivity index (χ0v) is 18.9. The third kappa shape index (κ3) is 5.51. The minimum Gasteiger partial charge on any atom is -0.370 e. The lowest BCUT2D eigenvalue weighted by Crippen LogP contribution is -2.37. The summed E-state index contributed by atoms with van der Waals surface area (Å²) in [5.41, 5.74) is 3.31. The number of carbonyl (C=O) groups excluding carboxylic acids is 1. The molecular formula is C22H26N4O2S2. The highest BCUT2D eigenvalue weighted by Crippen LogP contribution is 2.21. The Balaban J connectivity index is 1.48. The van der Waals surface area contributed by atoms with Gasteiger partial charge in [-0.15, -0.1) is 22.7 Å². The van der Waals surface area contributed by atoms with E-state index < -0.39 is 0 Å². The van der Waals surface area contributed by atoms with Gasteiger partial charge in [-0.25, -0.2) is 4.98 Å². The number of hydrogen-bond acceptors (Lipinski definition) is 7. The van der Waals surface area contributed by atoms with E-state index in [4.69, 9.17) is 4.74 Å². The van der Waals surface area contributed by atoms with Crippen molar-refractivity contribution in [3.8, 4) is 0 Å². The monoisotopic (exact) mass is 442 g/mol. The van der Waals surface area contributed by atoms with Crippen LogP contribution in [0, 0.1) is 13.8 Å². The van der Waals surface area contributed by atoms with E-state index in [9.17, 15) is 4.79 Å². The van der Waals surface area contributed by atoms with Crippen LogP contribution in [0.15, 0.2) is 41.4 Å². The Bertz CT molecular complexity index is 972. The number of nitrogens with zero attached hydrogens (tertiary/aromatic N) is 4.